The molecule has 66 heavy (non-hydrogen) atoms. The lowest BCUT2D eigenvalue weighted by Crippen LogP contribution is -2.17. The van der Waals surface area contributed by atoms with E-state index >= 15 is 0 Å². The Hall–Kier alpha value is -8.20. The minimum atomic E-state index is -0.261. The number of nitrogens with zero attached hydrogens (tertiary/aromatic N) is 2. The summed E-state index contributed by atoms with van der Waals surface area (Å²) in [6.45, 7) is 6.91. The van der Waals surface area contributed by atoms with Gasteiger partial charge in [0.25, 0.3) is 0 Å². The van der Waals surface area contributed by atoms with Crippen LogP contribution in [0.2, 0.25) is 0 Å². The van der Waals surface area contributed by atoms with Crippen molar-refractivity contribution in [2.45, 2.75) is 26.2 Å². The summed E-state index contributed by atoms with van der Waals surface area (Å²) in [4.78, 5) is 4.80. The molecule has 0 fully saturated rings. The van der Waals surface area contributed by atoms with Crippen LogP contribution in [0.3, 0.4) is 0 Å². The topological polar surface area (TPSA) is 6.48 Å². The summed E-state index contributed by atoms with van der Waals surface area (Å²) in [6.07, 6.45) is 0. The predicted molar refractivity (Wildman–Crippen MR) is 280 cm³/mol. The van der Waals surface area contributed by atoms with E-state index in [0.29, 0.717) is 0 Å². The summed E-state index contributed by atoms with van der Waals surface area (Å²) in [5, 5.41) is 0. The minimum Gasteiger partial charge on any atom is -0.310 e. The summed E-state index contributed by atoms with van der Waals surface area (Å²) >= 11 is 0. The van der Waals surface area contributed by atoms with Gasteiger partial charge in [0.2, 0.25) is 0 Å². The number of aryl methyl sites for hydroxylation is 1. The van der Waals surface area contributed by atoms with Gasteiger partial charge in [-0.1, -0.05) is 189 Å². The molecule has 0 atom stereocenters. The summed E-state index contributed by atoms with van der Waals surface area (Å²) < 4.78 is 0. The summed E-state index contributed by atoms with van der Waals surface area (Å²) in [6, 6.07) is 90.6. The highest BCUT2D eigenvalue weighted by atomic mass is 15.1. The fraction of sp³-hybridized carbons (Fsp3) is 0.0625. The van der Waals surface area contributed by atoms with Gasteiger partial charge in [-0.15, -0.1) is 0 Å². The lowest BCUT2D eigenvalue weighted by Gasteiger charge is -2.29. The quantitative estimate of drug-likeness (QED) is 0.135. The Labute approximate surface area is 389 Å². The number of benzene rings is 10. The van der Waals surface area contributed by atoms with Crippen LogP contribution in [0.25, 0.3) is 55.6 Å². The maximum absolute atomic E-state index is 2.43. The Morgan fingerprint density at radius 2 is 0.545 bits per heavy atom. The fourth-order valence-electron chi connectivity index (χ4n) is 9.76. The first-order chi connectivity index (χ1) is 32.4. The van der Waals surface area contributed by atoms with E-state index in [1.54, 1.807) is 0 Å². The van der Waals surface area contributed by atoms with Crippen molar-refractivity contribution in [3.05, 3.63) is 265 Å². The van der Waals surface area contributed by atoms with E-state index in [-0.39, 0.29) is 5.41 Å². The van der Waals surface area contributed by atoms with Crippen LogP contribution >= 0.6 is 0 Å². The molecule has 0 bridgehead atoms. The summed E-state index contributed by atoms with van der Waals surface area (Å²) in [5.74, 6) is 0. The van der Waals surface area contributed by atoms with Gasteiger partial charge in [0.15, 0.2) is 0 Å². The normalized spacial score (nSPS) is 12.3. The highest BCUT2D eigenvalue weighted by Gasteiger charge is 2.37. The molecule has 1 aliphatic carbocycles. The van der Waals surface area contributed by atoms with Crippen molar-refractivity contribution >= 4 is 34.1 Å². The number of rotatable bonds is 10. The molecule has 316 valence electrons. The Morgan fingerprint density at radius 3 is 0.924 bits per heavy atom. The molecule has 0 saturated carbocycles. The van der Waals surface area contributed by atoms with Gasteiger partial charge in [-0.2, -0.15) is 0 Å². The first kappa shape index (κ1) is 40.6. The second-order valence-electron chi connectivity index (χ2n) is 17.9. The average molecular weight is 847 g/mol. The molecular formula is C64H50N2. The second kappa shape index (κ2) is 17.1. The van der Waals surface area contributed by atoms with E-state index in [1.807, 2.05) is 0 Å². The van der Waals surface area contributed by atoms with E-state index in [0.717, 1.165) is 34.1 Å². The Bertz CT molecular complexity index is 3200. The van der Waals surface area contributed by atoms with E-state index in [1.165, 1.54) is 72.3 Å². The molecule has 0 amide bonds. The number of fused-ring (bicyclic) bond motifs is 3. The largest absolute Gasteiger partial charge is 0.310 e. The molecule has 0 radical (unpaired) electrons. The van der Waals surface area contributed by atoms with Crippen LogP contribution in [0.4, 0.5) is 34.1 Å². The van der Waals surface area contributed by atoms with Gasteiger partial charge in [-0.25, -0.2) is 0 Å². The molecule has 0 heterocycles. The SMILES string of the molecule is Cc1ccc(N(c2ccc(-c3cccc(-c4ccccc4)c3)cc2)c2ccc3c(c2)C(C)(C)c2cc(N(c4ccc(-c5ccccc5)cc4)c4ccc(-c5ccccc5)cc4)ccc2-3)cc1. The number of hydrogen-bond donors (Lipinski definition) is 0. The molecule has 10 aromatic rings. The van der Waals surface area contributed by atoms with Crippen molar-refractivity contribution in [3.63, 3.8) is 0 Å². The number of hydrogen-bond acceptors (Lipinski definition) is 2. The molecule has 0 N–H and O–H groups in total. The van der Waals surface area contributed by atoms with Gasteiger partial charge < -0.3 is 9.80 Å². The van der Waals surface area contributed by atoms with Gasteiger partial charge in [0.1, 0.15) is 0 Å². The number of anilines is 6. The molecule has 10 aromatic carbocycles. The van der Waals surface area contributed by atoms with Crippen LogP contribution in [-0.2, 0) is 5.41 Å². The highest BCUT2D eigenvalue weighted by Crippen LogP contribution is 2.52. The molecule has 11 rings (SSSR count). The molecule has 0 spiro atoms. The summed E-state index contributed by atoms with van der Waals surface area (Å²) in [5.41, 5.74) is 22.6. The summed E-state index contributed by atoms with van der Waals surface area (Å²) in [7, 11) is 0. The van der Waals surface area contributed by atoms with Crippen LogP contribution in [-0.4, -0.2) is 0 Å². The van der Waals surface area contributed by atoms with E-state index < -0.39 is 0 Å². The van der Waals surface area contributed by atoms with Crippen LogP contribution < -0.4 is 9.80 Å². The van der Waals surface area contributed by atoms with Crippen LogP contribution in [0.15, 0.2) is 249 Å². The van der Waals surface area contributed by atoms with Crippen molar-refractivity contribution in [3.8, 4) is 55.6 Å². The molecule has 1 aliphatic rings. The Kier molecular flexibility index (Phi) is 10.5. The monoisotopic (exact) mass is 846 g/mol. The first-order valence-electron chi connectivity index (χ1n) is 22.9. The zero-order valence-corrected chi connectivity index (χ0v) is 37.6. The third kappa shape index (κ3) is 7.67. The van der Waals surface area contributed by atoms with Crippen molar-refractivity contribution in [2.24, 2.45) is 0 Å². The van der Waals surface area contributed by atoms with Crippen molar-refractivity contribution in [2.75, 3.05) is 9.80 Å². The van der Waals surface area contributed by atoms with Crippen LogP contribution in [0, 0.1) is 6.92 Å². The van der Waals surface area contributed by atoms with Gasteiger partial charge in [-0.05, 0) is 153 Å². The Balaban J connectivity index is 0.956. The van der Waals surface area contributed by atoms with Gasteiger partial charge in [-0.3, -0.25) is 0 Å². The molecule has 0 aliphatic heterocycles. The second-order valence-corrected chi connectivity index (χ2v) is 17.9. The molecule has 0 saturated heterocycles. The molecule has 2 nitrogen and oxygen atoms in total. The van der Waals surface area contributed by atoms with Gasteiger partial charge >= 0.3 is 0 Å². The Morgan fingerprint density at radius 1 is 0.258 bits per heavy atom. The predicted octanol–water partition coefficient (Wildman–Crippen LogP) is 17.9. The zero-order valence-electron chi connectivity index (χ0n) is 37.6. The third-order valence-electron chi connectivity index (χ3n) is 13.3. The standard InChI is InChI=1S/C64H50N2/c1-45-22-30-54(31-23-45)65(57-36-28-51(29-37-57)53-21-13-20-52(42-53)48-18-11-6-12-19-48)58-38-40-60-61-41-39-59(44-63(61)64(2,3)62(60)43-58)66(55-32-24-49(25-33-55)46-14-7-4-8-15-46)56-34-26-50(27-35-56)47-16-9-5-10-17-47/h4-44H,1-3H3. The van der Waals surface area contributed by atoms with Crippen molar-refractivity contribution < 1.29 is 0 Å². The molecule has 0 unspecified atom stereocenters. The van der Waals surface area contributed by atoms with E-state index in [2.05, 4.69) is 279 Å². The lowest BCUT2D eigenvalue weighted by atomic mass is 9.82. The molecule has 0 aromatic heterocycles. The van der Waals surface area contributed by atoms with Crippen molar-refractivity contribution in [1.29, 1.82) is 0 Å². The van der Waals surface area contributed by atoms with Gasteiger partial charge in [0, 0.05) is 39.5 Å². The molecule has 2 heteroatoms. The fourth-order valence-corrected chi connectivity index (χ4v) is 9.76. The van der Waals surface area contributed by atoms with Crippen molar-refractivity contribution in [1.82, 2.24) is 0 Å². The molecular weight excluding hydrogens is 797 g/mol. The third-order valence-corrected chi connectivity index (χ3v) is 13.3. The smallest absolute Gasteiger partial charge is 0.0465 e. The van der Waals surface area contributed by atoms with Crippen LogP contribution in [0.1, 0.15) is 30.5 Å². The zero-order chi connectivity index (χ0) is 44.6. The van der Waals surface area contributed by atoms with E-state index in [9.17, 15) is 0 Å². The minimum absolute atomic E-state index is 0.261. The van der Waals surface area contributed by atoms with Gasteiger partial charge in [0.05, 0.1) is 0 Å². The lowest BCUT2D eigenvalue weighted by molar-refractivity contribution is 0.660. The maximum Gasteiger partial charge on any atom is 0.0465 e. The first-order valence-corrected chi connectivity index (χ1v) is 22.9. The van der Waals surface area contributed by atoms with E-state index in [4.69, 9.17) is 0 Å². The van der Waals surface area contributed by atoms with Crippen LogP contribution in [0.5, 0.6) is 0 Å². The maximum atomic E-state index is 2.43. The highest BCUT2D eigenvalue weighted by molar-refractivity contribution is 5.89. The average Bonchev–Trinajstić information content (AvgIpc) is 3.60.